The molecule has 2 aromatic heterocycles. The molecule has 0 radical (unpaired) electrons. The summed E-state index contributed by atoms with van der Waals surface area (Å²) in [5, 5.41) is 27.1. The molecule has 0 aromatic carbocycles. The second kappa shape index (κ2) is 16.8. The summed E-state index contributed by atoms with van der Waals surface area (Å²) in [5.74, 6) is -4.45. The number of nitrogens with zero attached hydrogens (tertiary/aromatic N) is 2. The predicted molar refractivity (Wildman–Crippen MR) is 189 cm³/mol. The topological polar surface area (TPSA) is 226 Å². The standard InChI is InChI=1S/2C16H16N2O6S2/c2*1-8(19)24-6-9-7-26-15-12(14(21)18(15)13(9)16(22)23)17-11(20)5-10-3-2-4-25-10/h2*2-4,12,15H,5-7H2,1H3,(H,17,20)(H,22,23)/t2*12-,15-/m11/s1. The summed E-state index contributed by atoms with van der Waals surface area (Å²) in [4.78, 5) is 98.3. The fourth-order valence-corrected chi connectivity index (χ4v) is 9.62. The van der Waals surface area contributed by atoms with E-state index in [9.17, 15) is 48.6 Å². The largest absolute Gasteiger partial charge is 0.477 e. The Balaban J connectivity index is 0.000000201. The van der Waals surface area contributed by atoms with Crippen molar-refractivity contribution in [2.75, 3.05) is 24.7 Å². The van der Waals surface area contributed by atoms with E-state index >= 15 is 0 Å². The maximum Gasteiger partial charge on any atom is 0.352 e. The third-order valence-electron chi connectivity index (χ3n) is 7.86. The van der Waals surface area contributed by atoms with E-state index < -0.39 is 58.5 Å². The van der Waals surface area contributed by atoms with Gasteiger partial charge in [0.2, 0.25) is 11.8 Å². The second-order valence-corrected chi connectivity index (χ2v) is 15.8. The molecule has 4 atom stereocenters. The summed E-state index contributed by atoms with van der Waals surface area (Å²) in [7, 11) is 0. The first-order chi connectivity index (χ1) is 24.8. The van der Waals surface area contributed by atoms with Crippen molar-refractivity contribution in [1.29, 1.82) is 0 Å². The van der Waals surface area contributed by atoms with E-state index in [2.05, 4.69) is 10.6 Å². The first kappa shape index (κ1) is 38.6. The number of carboxylic acids is 2. The highest BCUT2D eigenvalue weighted by atomic mass is 32.2. The van der Waals surface area contributed by atoms with Gasteiger partial charge in [0.1, 0.15) is 47.4 Å². The van der Waals surface area contributed by atoms with Crippen LogP contribution in [0.25, 0.3) is 0 Å². The van der Waals surface area contributed by atoms with Gasteiger partial charge in [0, 0.05) is 46.3 Å². The van der Waals surface area contributed by atoms with Crippen LogP contribution in [-0.2, 0) is 60.7 Å². The number of carboxylic acid groups (broad SMARTS) is 2. The van der Waals surface area contributed by atoms with E-state index in [1.54, 1.807) is 0 Å². The lowest BCUT2D eigenvalue weighted by Gasteiger charge is -2.49. The lowest BCUT2D eigenvalue weighted by Crippen LogP contribution is -2.70. The minimum absolute atomic E-state index is 0.163. The number of rotatable bonds is 12. The molecule has 2 fully saturated rings. The number of nitrogens with one attached hydrogen (secondary N) is 2. The Bertz CT molecular complexity index is 1710. The van der Waals surface area contributed by atoms with Gasteiger partial charge in [-0.15, -0.1) is 46.2 Å². The number of β-lactam (4-membered cyclic amide) rings is 2. The van der Waals surface area contributed by atoms with E-state index in [0.29, 0.717) is 22.7 Å². The number of ether oxygens (including phenoxy) is 2. The average Bonchev–Trinajstić information content (AvgIpc) is 3.81. The van der Waals surface area contributed by atoms with Gasteiger partial charge in [-0.05, 0) is 22.9 Å². The van der Waals surface area contributed by atoms with Gasteiger partial charge in [0.15, 0.2) is 0 Å². The Morgan fingerprint density at radius 2 is 1.10 bits per heavy atom. The fraction of sp³-hybridized carbons (Fsp3) is 0.375. The van der Waals surface area contributed by atoms with Gasteiger partial charge in [0.05, 0.1) is 12.8 Å². The van der Waals surface area contributed by atoms with Gasteiger partial charge >= 0.3 is 23.9 Å². The van der Waals surface area contributed by atoms with Crippen LogP contribution in [0.15, 0.2) is 57.6 Å². The fourth-order valence-electron chi connectivity index (χ4n) is 5.56. The van der Waals surface area contributed by atoms with Crippen LogP contribution in [0.5, 0.6) is 0 Å². The Morgan fingerprint density at radius 1 is 0.712 bits per heavy atom. The molecule has 0 spiro atoms. The van der Waals surface area contributed by atoms with Crippen LogP contribution in [0.2, 0.25) is 0 Å². The highest BCUT2D eigenvalue weighted by Crippen LogP contribution is 2.41. The van der Waals surface area contributed by atoms with Crippen molar-refractivity contribution in [2.24, 2.45) is 0 Å². The first-order valence-corrected chi connectivity index (χ1v) is 19.3. The number of thioether (sulfide) groups is 2. The van der Waals surface area contributed by atoms with Crippen molar-refractivity contribution in [3.63, 3.8) is 0 Å². The molecule has 52 heavy (non-hydrogen) atoms. The Morgan fingerprint density at radius 3 is 1.40 bits per heavy atom. The van der Waals surface area contributed by atoms with Crippen molar-refractivity contribution in [3.05, 3.63) is 67.3 Å². The number of aliphatic carboxylic acids is 2. The smallest absolute Gasteiger partial charge is 0.352 e. The maximum absolute atomic E-state index is 12.4. The van der Waals surface area contributed by atoms with Gasteiger partial charge in [0.25, 0.3) is 11.8 Å². The molecule has 6 heterocycles. The number of esters is 2. The zero-order chi connectivity index (χ0) is 37.7. The Labute approximate surface area is 312 Å². The molecule has 0 aliphatic carbocycles. The van der Waals surface area contributed by atoms with Gasteiger partial charge in [-0.2, -0.15) is 0 Å². The van der Waals surface area contributed by atoms with Crippen molar-refractivity contribution < 1.29 is 58.0 Å². The molecule has 0 bridgehead atoms. The van der Waals surface area contributed by atoms with Crippen molar-refractivity contribution in [2.45, 2.75) is 49.5 Å². The molecule has 2 saturated heterocycles. The number of carbonyl (C=O) groups excluding carboxylic acids is 6. The minimum Gasteiger partial charge on any atom is -0.477 e. The quantitative estimate of drug-likeness (QED) is 0.175. The third-order valence-corrected chi connectivity index (χ3v) is 12.3. The summed E-state index contributed by atoms with van der Waals surface area (Å²) < 4.78 is 9.75. The minimum atomic E-state index is -1.26. The van der Waals surface area contributed by atoms with Gasteiger partial charge in [-0.25, -0.2) is 9.59 Å². The van der Waals surface area contributed by atoms with Gasteiger partial charge in [-0.3, -0.25) is 38.6 Å². The summed E-state index contributed by atoms with van der Waals surface area (Å²) in [5.41, 5.74) is 0.406. The third kappa shape index (κ3) is 8.68. The summed E-state index contributed by atoms with van der Waals surface area (Å²) in [6.45, 7) is 2.12. The predicted octanol–water partition coefficient (Wildman–Crippen LogP) is 1.18. The number of amides is 4. The number of hydrogen-bond acceptors (Lipinski definition) is 14. The monoisotopic (exact) mass is 792 g/mol. The Hall–Kier alpha value is -4.66. The highest BCUT2D eigenvalue weighted by molar-refractivity contribution is 8.00. The lowest BCUT2D eigenvalue weighted by molar-refractivity contribution is -0.151. The molecule has 4 aliphatic rings. The van der Waals surface area contributed by atoms with Gasteiger partial charge in [-0.1, -0.05) is 12.1 Å². The molecule has 0 saturated carbocycles. The number of hydrogen-bond donors (Lipinski definition) is 4. The van der Waals surface area contributed by atoms with Crippen LogP contribution in [0, 0.1) is 0 Å². The molecule has 276 valence electrons. The zero-order valence-corrected chi connectivity index (χ0v) is 30.8. The van der Waals surface area contributed by atoms with E-state index in [-0.39, 0.29) is 49.3 Å². The molecular formula is C32H32N4O12S4. The van der Waals surface area contributed by atoms with Crippen molar-refractivity contribution in [3.8, 4) is 0 Å². The zero-order valence-electron chi connectivity index (χ0n) is 27.5. The Kier molecular flexibility index (Phi) is 12.4. The SMILES string of the molecule is CC(=O)OCC1=C(C(=O)O)N2C(=O)[C@@H](NC(=O)Cc3cccs3)[C@H]2SC1.CC(=O)OCC1=C(C(=O)O)N2C(=O)[C@@H](NC(=O)Cc3cccs3)[C@H]2SC1. The van der Waals surface area contributed by atoms with E-state index in [0.717, 1.165) is 19.6 Å². The number of carbonyl (C=O) groups is 8. The van der Waals surface area contributed by atoms with Crippen LogP contribution in [0.3, 0.4) is 0 Å². The molecule has 2 aromatic rings. The van der Waals surface area contributed by atoms with E-state index in [4.69, 9.17) is 9.47 Å². The molecule has 4 N–H and O–H groups in total. The van der Waals surface area contributed by atoms with Crippen molar-refractivity contribution in [1.82, 2.24) is 20.4 Å². The normalized spacial score (nSPS) is 21.7. The number of fused-ring (bicyclic) bond motifs is 2. The summed E-state index contributed by atoms with van der Waals surface area (Å²) >= 11 is 5.58. The summed E-state index contributed by atoms with van der Waals surface area (Å²) in [6, 6.07) is 5.85. The first-order valence-electron chi connectivity index (χ1n) is 15.5. The highest BCUT2D eigenvalue weighted by Gasteiger charge is 2.55. The number of thiophene rings is 2. The van der Waals surface area contributed by atoms with Crippen LogP contribution < -0.4 is 10.6 Å². The second-order valence-electron chi connectivity index (χ2n) is 11.5. The average molecular weight is 793 g/mol. The van der Waals surface area contributed by atoms with Crippen LogP contribution >= 0.6 is 46.2 Å². The lowest BCUT2D eigenvalue weighted by atomic mass is 10.0. The van der Waals surface area contributed by atoms with Crippen molar-refractivity contribution >= 4 is 93.7 Å². The van der Waals surface area contributed by atoms with Crippen LogP contribution in [-0.4, -0.2) is 115 Å². The molecule has 20 heteroatoms. The van der Waals surface area contributed by atoms with Crippen LogP contribution in [0.1, 0.15) is 23.6 Å². The maximum atomic E-state index is 12.4. The molecular weight excluding hydrogens is 761 g/mol. The van der Waals surface area contributed by atoms with E-state index in [1.165, 1.54) is 60.0 Å². The molecule has 16 nitrogen and oxygen atoms in total. The molecule has 0 unspecified atom stereocenters. The van der Waals surface area contributed by atoms with E-state index in [1.807, 2.05) is 35.0 Å². The molecule has 6 rings (SSSR count). The van der Waals surface area contributed by atoms with Crippen LogP contribution in [0.4, 0.5) is 0 Å². The van der Waals surface area contributed by atoms with Gasteiger partial charge < -0.3 is 30.3 Å². The molecule has 4 amide bonds. The molecule has 4 aliphatic heterocycles. The summed E-state index contributed by atoms with van der Waals surface area (Å²) in [6.07, 6.45) is 0.357.